The molecule has 39 heavy (non-hydrogen) atoms. The number of nitrogen functional groups attached to an aromatic ring is 1. The summed E-state index contributed by atoms with van der Waals surface area (Å²) in [7, 11) is -1.30. The largest absolute Gasteiger partial charge is 0.494 e. The van der Waals surface area contributed by atoms with Crippen molar-refractivity contribution in [1.29, 1.82) is 0 Å². The van der Waals surface area contributed by atoms with Crippen LogP contribution in [0.25, 0.3) is 0 Å². The second-order valence-corrected chi connectivity index (χ2v) is 11.7. The first-order chi connectivity index (χ1) is 18.8. The molecule has 8 heteroatoms. The Bertz CT molecular complexity index is 1290. The number of hydrogen-bond acceptors (Lipinski definition) is 7. The average Bonchev–Trinajstić information content (AvgIpc) is 2.93. The summed E-state index contributed by atoms with van der Waals surface area (Å²) in [5, 5.41) is 19.6. The van der Waals surface area contributed by atoms with E-state index in [0.29, 0.717) is 30.7 Å². The maximum atomic E-state index is 13.3. The molecule has 3 aromatic rings. The average molecular weight is 552 g/mol. The van der Waals surface area contributed by atoms with Crippen molar-refractivity contribution < 1.29 is 28.7 Å². The zero-order chi connectivity index (χ0) is 27.9. The van der Waals surface area contributed by atoms with Gasteiger partial charge in [-0.25, -0.2) is 0 Å². The van der Waals surface area contributed by atoms with Gasteiger partial charge in [0.2, 0.25) is 0 Å². The molecule has 0 spiro atoms. The van der Waals surface area contributed by atoms with Gasteiger partial charge >= 0.3 is 0 Å². The smallest absolute Gasteiger partial charge is 0.194 e. The molecule has 1 aliphatic heterocycles. The third-order valence-electron chi connectivity index (χ3n) is 7.07. The Morgan fingerprint density at radius 1 is 1.10 bits per heavy atom. The van der Waals surface area contributed by atoms with Crippen molar-refractivity contribution in [3.63, 3.8) is 0 Å². The standard InChI is InChI=1S/C31H37NO6S/c1-3-37-26-10-7-22(8-11-26)16-25-17-24(9-12-28(25)32)31-30(35)29(34)18-27(38-31)19-39(36)20(2)23-6-4-5-21(15-23)13-14-33/h4-12,15,17,20,27,29,31,33-34H,3,13-14,16,18-19,32H2,1-2H3. The summed E-state index contributed by atoms with van der Waals surface area (Å²) in [4.78, 5) is 12.9. The topological polar surface area (TPSA) is 119 Å². The van der Waals surface area contributed by atoms with E-state index < -0.39 is 34.9 Å². The molecule has 1 heterocycles. The highest BCUT2D eigenvalue weighted by Crippen LogP contribution is 2.33. The quantitative estimate of drug-likeness (QED) is 0.308. The Morgan fingerprint density at radius 3 is 2.59 bits per heavy atom. The van der Waals surface area contributed by atoms with E-state index in [1.807, 2.05) is 68.4 Å². The molecule has 1 saturated heterocycles. The number of ether oxygens (including phenoxy) is 2. The number of anilines is 1. The fraction of sp³-hybridized carbons (Fsp3) is 0.387. The van der Waals surface area contributed by atoms with Crippen LogP contribution in [0.5, 0.6) is 5.75 Å². The molecule has 1 aliphatic rings. The van der Waals surface area contributed by atoms with Crippen LogP contribution in [0.3, 0.4) is 0 Å². The molecule has 1 fully saturated rings. The van der Waals surface area contributed by atoms with Gasteiger partial charge in [-0.15, -0.1) is 0 Å². The SMILES string of the molecule is CCOc1ccc(Cc2cc(C3OC(CS(=O)C(C)c4cccc(CCO)c4)CC(O)C3=O)ccc2N)cc1. The molecular weight excluding hydrogens is 514 g/mol. The molecule has 0 saturated carbocycles. The third kappa shape index (κ3) is 7.33. The van der Waals surface area contributed by atoms with Crippen LogP contribution in [0.15, 0.2) is 66.7 Å². The number of carbonyl (C=O) groups is 1. The molecule has 0 amide bonds. The molecule has 0 aliphatic carbocycles. The Morgan fingerprint density at radius 2 is 1.87 bits per heavy atom. The lowest BCUT2D eigenvalue weighted by atomic mass is 9.92. The van der Waals surface area contributed by atoms with Crippen LogP contribution < -0.4 is 10.5 Å². The molecule has 0 bridgehead atoms. The number of Topliss-reactive ketones (excluding diaryl/α,β-unsaturated/α-hetero) is 1. The van der Waals surface area contributed by atoms with E-state index in [9.17, 15) is 19.2 Å². The highest BCUT2D eigenvalue weighted by molar-refractivity contribution is 7.85. The normalized spacial score (nSPS) is 20.9. The molecule has 208 valence electrons. The summed E-state index contributed by atoms with van der Waals surface area (Å²) in [5.74, 6) is 0.590. The van der Waals surface area contributed by atoms with Crippen LogP contribution in [0, 0.1) is 0 Å². The van der Waals surface area contributed by atoms with Gasteiger partial charge in [-0.2, -0.15) is 0 Å². The number of carbonyl (C=O) groups excluding carboxylic acids is 1. The predicted molar refractivity (Wildman–Crippen MR) is 153 cm³/mol. The Hall–Kier alpha value is -3.04. The third-order valence-corrected chi connectivity index (χ3v) is 8.83. The van der Waals surface area contributed by atoms with Crippen LogP contribution in [0.4, 0.5) is 5.69 Å². The van der Waals surface area contributed by atoms with Crippen LogP contribution in [-0.4, -0.2) is 51.4 Å². The highest BCUT2D eigenvalue weighted by Gasteiger charge is 2.38. The van der Waals surface area contributed by atoms with E-state index >= 15 is 0 Å². The van der Waals surface area contributed by atoms with Crippen LogP contribution >= 0.6 is 0 Å². The zero-order valence-corrected chi connectivity index (χ0v) is 23.2. The fourth-order valence-electron chi connectivity index (χ4n) is 4.85. The van der Waals surface area contributed by atoms with E-state index in [1.165, 1.54) is 0 Å². The minimum atomic E-state index is -1.30. The number of rotatable bonds is 11. The Kier molecular flexibility index (Phi) is 9.91. The minimum Gasteiger partial charge on any atom is -0.494 e. The van der Waals surface area contributed by atoms with E-state index in [1.54, 1.807) is 12.1 Å². The number of aliphatic hydroxyl groups is 2. The first-order valence-electron chi connectivity index (χ1n) is 13.3. The second kappa shape index (κ2) is 13.3. The van der Waals surface area contributed by atoms with Gasteiger partial charge in [0, 0.05) is 29.5 Å². The molecule has 4 rings (SSSR count). The van der Waals surface area contributed by atoms with Gasteiger partial charge in [0.15, 0.2) is 5.78 Å². The lowest BCUT2D eigenvalue weighted by Crippen LogP contribution is -2.42. The summed E-state index contributed by atoms with van der Waals surface area (Å²) in [5.41, 5.74) is 11.3. The van der Waals surface area contributed by atoms with Gasteiger partial charge in [-0.1, -0.05) is 48.5 Å². The van der Waals surface area contributed by atoms with Crippen LogP contribution in [0.1, 0.15) is 59.4 Å². The van der Waals surface area contributed by atoms with Crippen molar-refractivity contribution in [2.24, 2.45) is 0 Å². The summed E-state index contributed by atoms with van der Waals surface area (Å²) in [6.45, 7) is 4.48. The lowest BCUT2D eigenvalue weighted by molar-refractivity contribution is -0.155. The first kappa shape index (κ1) is 29.0. The molecule has 3 aromatic carbocycles. The van der Waals surface area contributed by atoms with Gasteiger partial charge in [0.1, 0.15) is 18.0 Å². The zero-order valence-electron chi connectivity index (χ0n) is 22.4. The van der Waals surface area contributed by atoms with Crippen molar-refractivity contribution in [1.82, 2.24) is 0 Å². The van der Waals surface area contributed by atoms with Crippen LogP contribution in [-0.2, 0) is 33.2 Å². The molecule has 5 unspecified atom stereocenters. The van der Waals surface area contributed by atoms with Crippen molar-refractivity contribution in [2.75, 3.05) is 24.7 Å². The second-order valence-electron chi connectivity index (χ2n) is 9.91. The van der Waals surface area contributed by atoms with E-state index in [0.717, 1.165) is 28.0 Å². The van der Waals surface area contributed by atoms with Crippen molar-refractivity contribution in [3.05, 3.63) is 94.5 Å². The molecular formula is C31H37NO6S. The van der Waals surface area contributed by atoms with E-state index in [-0.39, 0.29) is 24.0 Å². The van der Waals surface area contributed by atoms with Gasteiger partial charge in [-0.05, 0) is 72.7 Å². The summed E-state index contributed by atoms with van der Waals surface area (Å²) in [6, 6.07) is 20.9. The number of ketones is 1. The van der Waals surface area contributed by atoms with Crippen LogP contribution in [0.2, 0.25) is 0 Å². The molecule has 4 N–H and O–H groups in total. The number of hydrogen-bond donors (Lipinski definition) is 3. The molecule has 5 atom stereocenters. The van der Waals surface area contributed by atoms with E-state index in [4.69, 9.17) is 15.2 Å². The van der Waals surface area contributed by atoms with Gasteiger partial charge in [0.05, 0.1) is 23.7 Å². The summed E-state index contributed by atoms with van der Waals surface area (Å²) in [6.07, 6.45) is -1.49. The minimum absolute atomic E-state index is 0.0528. The van der Waals surface area contributed by atoms with Crippen molar-refractivity contribution >= 4 is 22.3 Å². The summed E-state index contributed by atoms with van der Waals surface area (Å²) >= 11 is 0. The lowest BCUT2D eigenvalue weighted by Gasteiger charge is -2.33. The van der Waals surface area contributed by atoms with E-state index in [2.05, 4.69) is 0 Å². The molecule has 0 aromatic heterocycles. The predicted octanol–water partition coefficient (Wildman–Crippen LogP) is 4.06. The Labute approximate surface area is 232 Å². The number of aliphatic hydroxyl groups excluding tert-OH is 2. The van der Waals surface area contributed by atoms with Gasteiger partial charge in [0.25, 0.3) is 0 Å². The number of nitrogens with two attached hydrogens (primary N) is 1. The molecule has 0 radical (unpaired) electrons. The maximum Gasteiger partial charge on any atom is 0.194 e. The van der Waals surface area contributed by atoms with Gasteiger partial charge in [-0.3, -0.25) is 9.00 Å². The fourth-order valence-corrected chi connectivity index (χ4v) is 6.17. The van der Waals surface area contributed by atoms with Gasteiger partial charge < -0.3 is 25.4 Å². The molecule has 7 nitrogen and oxygen atoms in total. The monoisotopic (exact) mass is 551 g/mol. The Balaban J connectivity index is 1.47. The number of benzene rings is 3. The maximum absolute atomic E-state index is 13.3. The van der Waals surface area contributed by atoms with Crippen molar-refractivity contribution in [2.45, 2.75) is 56.7 Å². The highest BCUT2D eigenvalue weighted by atomic mass is 32.2. The first-order valence-corrected chi connectivity index (χ1v) is 14.7. The van der Waals surface area contributed by atoms with Crippen molar-refractivity contribution in [3.8, 4) is 5.75 Å². The summed E-state index contributed by atoms with van der Waals surface area (Å²) < 4.78 is 25.0.